The minimum absolute atomic E-state index is 0.268. The summed E-state index contributed by atoms with van der Waals surface area (Å²) in [6, 6.07) is 0. The van der Waals surface area contributed by atoms with Crippen molar-refractivity contribution < 1.29 is 4.79 Å². The maximum Gasteiger partial charge on any atom is 0.135 e. The Labute approximate surface area is 82.9 Å². The molecule has 0 N–H and O–H groups in total. The van der Waals surface area contributed by atoms with E-state index in [1.807, 2.05) is 6.92 Å². The molecule has 0 fully saturated rings. The first kappa shape index (κ1) is 12.7. The third-order valence-electron chi connectivity index (χ3n) is 2.76. The standard InChI is InChI=1S/C12H24O/c1-5-7-8-10(3)9-12(13)11(4)6-2/h10-11H,5-9H2,1-4H3/t10-,11?/m0/s1. The summed E-state index contributed by atoms with van der Waals surface area (Å²) in [4.78, 5) is 11.5. The Morgan fingerprint density at radius 1 is 1.23 bits per heavy atom. The molecule has 0 rings (SSSR count). The smallest absolute Gasteiger partial charge is 0.135 e. The summed E-state index contributed by atoms with van der Waals surface area (Å²) in [5, 5.41) is 0. The summed E-state index contributed by atoms with van der Waals surface area (Å²) in [5.74, 6) is 1.30. The van der Waals surface area contributed by atoms with Crippen LogP contribution in [-0.2, 0) is 4.79 Å². The highest BCUT2D eigenvalue weighted by Gasteiger charge is 2.13. The van der Waals surface area contributed by atoms with Gasteiger partial charge in [0.05, 0.1) is 0 Å². The molecule has 0 spiro atoms. The van der Waals surface area contributed by atoms with Gasteiger partial charge in [-0.05, 0) is 12.3 Å². The van der Waals surface area contributed by atoms with E-state index in [-0.39, 0.29) is 5.92 Å². The van der Waals surface area contributed by atoms with Crippen molar-refractivity contribution >= 4 is 5.78 Å². The van der Waals surface area contributed by atoms with Crippen molar-refractivity contribution in [2.24, 2.45) is 11.8 Å². The van der Waals surface area contributed by atoms with Gasteiger partial charge in [-0.1, -0.05) is 47.0 Å². The number of carbonyl (C=O) groups is 1. The van der Waals surface area contributed by atoms with Crippen molar-refractivity contribution in [1.29, 1.82) is 0 Å². The maximum atomic E-state index is 11.5. The average Bonchev–Trinajstić information content (AvgIpc) is 2.13. The molecule has 0 aliphatic rings. The zero-order valence-electron chi connectivity index (χ0n) is 9.60. The molecule has 0 aromatic heterocycles. The third kappa shape index (κ3) is 5.84. The number of ketones is 1. The number of Topliss-reactive ketones (excluding diaryl/α,β-unsaturated/α-hetero) is 1. The first-order chi connectivity index (χ1) is 6.11. The molecule has 0 saturated carbocycles. The van der Waals surface area contributed by atoms with Crippen LogP contribution in [0.1, 0.15) is 59.8 Å². The molecule has 0 aromatic rings. The second-order valence-electron chi connectivity index (χ2n) is 4.23. The lowest BCUT2D eigenvalue weighted by molar-refractivity contribution is -0.123. The van der Waals surface area contributed by atoms with Crippen LogP contribution in [-0.4, -0.2) is 5.78 Å². The Balaban J connectivity index is 3.64. The summed E-state index contributed by atoms with van der Waals surface area (Å²) in [6.45, 7) is 8.51. The first-order valence-corrected chi connectivity index (χ1v) is 5.64. The van der Waals surface area contributed by atoms with Gasteiger partial charge in [-0.15, -0.1) is 0 Å². The van der Waals surface area contributed by atoms with E-state index >= 15 is 0 Å². The first-order valence-electron chi connectivity index (χ1n) is 5.64. The van der Waals surface area contributed by atoms with Crippen LogP contribution in [0.15, 0.2) is 0 Å². The SMILES string of the molecule is CCCC[C@H](C)CC(=O)C(C)CC. The molecule has 13 heavy (non-hydrogen) atoms. The lowest BCUT2D eigenvalue weighted by Gasteiger charge is -2.12. The van der Waals surface area contributed by atoms with Gasteiger partial charge >= 0.3 is 0 Å². The Bertz CT molecular complexity index is 140. The van der Waals surface area contributed by atoms with Crippen LogP contribution in [0, 0.1) is 11.8 Å². The number of hydrogen-bond acceptors (Lipinski definition) is 1. The Morgan fingerprint density at radius 2 is 1.85 bits per heavy atom. The predicted octanol–water partition coefficient (Wildman–Crippen LogP) is 3.82. The van der Waals surface area contributed by atoms with Crippen LogP contribution >= 0.6 is 0 Å². The normalized spacial score (nSPS) is 15.4. The van der Waals surface area contributed by atoms with E-state index < -0.39 is 0 Å². The molecular weight excluding hydrogens is 160 g/mol. The van der Waals surface area contributed by atoms with E-state index in [2.05, 4.69) is 20.8 Å². The van der Waals surface area contributed by atoms with Gasteiger partial charge in [0.2, 0.25) is 0 Å². The minimum atomic E-state index is 0.268. The summed E-state index contributed by atoms with van der Waals surface area (Å²) in [6.07, 6.45) is 5.48. The van der Waals surface area contributed by atoms with Crippen molar-refractivity contribution in [3.05, 3.63) is 0 Å². The summed E-state index contributed by atoms with van der Waals surface area (Å²) in [5.41, 5.74) is 0. The van der Waals surface area contributed by atoms with Crippen LogP contribution < -0.4 is 0 Å². The zero-order valence-corrected chi connectivity index (χ0v) is 9.60. The van der Waals surface area contributed by atoms with Gasteiger partial charge in [0.15, 0.2) is 0 Å². The summed E-state index contributed by atoms with van der Waals surface area (Å²) < 4.78 is 0. The Morgan fingerprint density at radius 3 is 2.31 bits per heavy atom. The van der Waals surface area contributed by atoms with E-state index in [1.54, 1.807) is 0 Å². The molecule has 0 bridgehead atoms. The van der Waals surface area contributed by atoms with Gasteiger partial charge in [-0.25, -0.2) is 0 Å². The van der Waals surface area contributed by atoms with Crippen molar-refractivity contribution in [2.75, 3.05) is 0 Å². The molecule has 0 heterocycles. The largest absolute Gasteiger partial charge is 0.299 e. The fraction of sp³-hybridized carbons (Fsp3) is 0.917. The molecule has 78 valence electrons. The summed E-state index contributed by atoms with van der Waals surface area (Å²) >= 11 is 0. The van der Waals surface area contributed by atoms with E-state index in [9.17, 15) is 4.79 Å². The molecule has 2 atom stereocenters. The summed E-state index contributed by atoms with van der Waals surface area (Å²) in [7, 11) is 0. The molecule has 0 saturated heterocycles. The lowest BCUT2D eigenvalue weighted by Crippen LogP contribution is -2.13. The lowest BCUT2D eigenvalue weighted by atomic mass is 9.92. The van der Waals surface area contributed by atoms with Crippen LogP contribution in [0.4, 0.5) is 0 Å². The highest BCUT2D eigenvalue weighted by molar-refractivity contribution is 5.80. The number of unbranched alkanes of at least 4 members (excludes halogenated alkanes) is 1. The minimum Gasteiger partial charge on any atom is -0.299 e. The van der Waals surface area contributed by atoms with Gasteiger partial charge < -0.3 is 0 Å². The number of rotatable bonds is 7. The van der Waals surface area contributed by atoms with Gasteiger partial charge in [0.25, 0.3) is 0 Å². The quantitative estimate of drug-likeness (QED) is 0.588. The van der Waals surface area contributed by atoms with Gasteiger partial charge in [0, 0.05) is 12.3 Å². The maximum absolute atomic E-state index is 11.5. The monoisotopic (exact) mass is 184 g/mol. The molecule has 0 amide bonds. The average molecular weight is 184 g/mol. The van der Waals surface area contributed by atoms with Gasteiger partial charge in [-0.2, -0.15) is 0 Å². The van der Waals surface area contributed by atoms with Crippen LogP contribution in [0.5, 0.6) is 0 Å². The van der Waals surface area contributed by atoms with Crippen molar-refractivity contribution in [1.82, 2.24) is 0 Å². The Kier molecular flexibility index (Phi) is 6.93. The van der Waals surface area contributed by atoms with E-state index in [0.717, 1.165) is 12.8 Å². The Hall–Kier alpha value is -0.330. The van der Waals surface area contributed by atoms with Crippen LogP contribution in [0.3, 0.4) is 0 Å². The topological polar surface area (TPSA) is 17.1 Å². The van der Waals surface area contributed by atoms with Crippen molar-refractivity contribution in [3.8, 4) is 0 Å². The zero-order chi connectivity index (χ0) is 10.3. The second-order valence-corrected chi connectivity index (χ2v) is 4.23. The number of hydrogen-bond donors (Lipinski definition) is 0. The van der Waals surface area contributed by atoms with E-state index in [4.69, 9.17) is 0 Å². The van der Waals surface area contributed by atoms with E-state index in [0.29, 0.717) is 11.7 Å². The van der Waals surface area contributed by atoms with Crippen LogP contribution in [0.25, 0.3) is 0 Å². The van der Waals surface area contributed by atoms with E-state index in [1.165, 1.54) is 19.3 Å². The van der Waals surface area contributed by atoms with Crippen molar-refractivity contribution in [3.63, 3.8) is 0 Å². The molecule has 0 radical (unpaired) electrons. The molecule has 0 aromatic carbocycles. The number of carbonyl (C=O) groups excluding carboxylic acids is 1. The molecule has 1 nitrogen and oxygen atoms in total. The van der Waals surface area contributed by atoms with Gasteiger partial charge in [-0.3, -0.25) is 4.79 Å². The fourth-order valence-corrected chi connectivity index (χ4v) is 1.43. The molecule has 0 aliphatic heterocycles. The molecule has 1 heteroatoms. The fourth-order valence-electron chi connectivity index (χ4n) is 1.43. The third-order valence-corrected chi connectivity index (χ3v) is 2.76. The predicted molar refractivity (Wildman–Crippen MR) is 57.8 cm³/mol. The molecular formula is C12H24O. The van der Waals surface area contributed by atoms with Gasteiger partial charge in [0.1, 0.15) is 5.78 Å². The molecule has 0 aliphatic carbocycles. The van der Waals surface area contributed by atoms with Crippen LogP contribution in [0.2, 0.25) is 0 Å². The highest BCUT2D eigenvalue weighted by Crippen LogP contribution is 2.16. The second kappa shape index (κ2) is 7.11. The van der Waals surface area contributed by atoms with Crippen molar-refractivity contribution in [2.45, 2.75) is 59.8 Å². The molecule has 1 unspecified atom stereocenters. The highest BCUT2D eigenvalue weighted by atomic mass is 16.1.